The first-order chi connectivity index (χ1) is 7.36. The van der Waals surface area contributed by atoms with Crippen molar-refractivity contribution >= 4 is 17.3 Å². The number of piperidine rings is 1. The Morgan fingerprint density at radius 1 is 1.60 bits per heavy atom. The second-order valence-electron chi connectivity index (χ2n) is 3.69. The van der Waals surface area contributed by atoms with Gasteiger partial charge in [-0.05, 0) is 30.8 Å². The molecule has 0 amide bonds. The SMILES string of the molecule is O=C(OCc1cccs1)[C@H]1CCCCN1. The van der Waals surface area contributed by atoms with Crippen LogP contribution in [0, 0.1) is 0 Å². The molecule has 1 saturated heterocycles. The van der Waals surface area contributed by atoms with E-state index in [-0.39, 0.29) is 12.0 Å². The van der Waals surface area contributed by atoms with Crippen molar-refractivity contribution in [3.63, 3.8) is 0 Å². The minimum Gasteiger partial charge on any atom is -0.459 e. The summed E-state index contributed by atoms with van der Waals surface area (Å²) >= 11 is 1.61. The zero-order valence-electron chi connectivity index (χ0n) is 8.57. The average molecular weight is 225 g/mol. The molecule has 2 rings (SSSR count). The van der Waals surface area contributed by atoms with Gasteiger partial charge in [0.25, 0.3) is 0 Å². The molecule has 0 aliphatic carbocycles. The fourth-order valence-corrected chi connectivity index (χ4v) is 2.31. The highest BCUT2D eigenvalue weighted by atomic mass is 32.1. The van der Waals surface area contributed by atoms with E-state index in [4.69, 9.17) is 4.74 Å². The number of hydrogen-bond acceptors (Lipinski definition) is 4. The monoisotopic (exact) mass is 225 g/mol. The number of thiophene rings is 1. The van der Waals surface area contributed by atoms with Crippen molar-refractivity contribution in [1.82, 2.24) is 5.32 Å². The summed E-state index contributed by atoms with van der Waals surface area (Å²) in [5, 5.41) is 5.17. The molecule has 1 fully saturated rings. The maximum Gasteiger partial charge on any atom is 0.323 e. The van der Waals surface area contributed by atoms with Gasteiger partial charge < -0.3 is 10.1 Å². The summed E-state index contributed by atoms with van der Waals surface area (Å²) in [5.41, 5.74) is 0. The van der Waals surface area contributed by atoms with Crippen LogP contribution >= 0.6 is 11.3 Å². The molecule has 0 radical (unpaired) electrons. The van der Waals surface area contributed by atoms with E-state index >= 15 is 0 Å². The smallest absolute Gasteiger partial charge is 0.323 e. The molecule has 1 aromatic heterocycles. The molecule has 0 bridgehead atoms. The van der Waals surface area contributed by atoms with Crippen LogP contribution in [-0.2, 0) is 16.1 Å². The maximum absolute atomic E-state index is 11.6. The number of ether oxygens (including phenoxy) is 1. The Hall–Kier alpha value is -0.870. The van der Waals surface area contributed by atoms with Crippen molar-refractivity contribution in [2.75, 3.05) is 6.54 Å². The zero-order valence-corrected chi connectivity index (χ0v) is 9.39. The third kappa shape index (κ3) is 3.04. The van der Waals surface area contributed by atoms with Gasteiger partial charge in [0.1, 0.15) is 12.6 Å². The Bertz CT molecular complexity index is 304. The highest BCUT2D eigenvalue weighted by Gasteiger charge is 2.21. The molecule has 3 nitrogen and oxygen atoms in total. The van der Waals surface area contributed by atoms with Gasteiger partial charge in [-0.3, -0.25) is 4.79 Å². The molecular formula is C11H15NO2S. The predicted molar refractivity (Wildman–Crippen MR) is 59.8 cm³/mol. The number of carbonyl (C=O) groups excluding carboxylic acids is 1. The fraction of sp³-hybridized carbons (Fsp3) is 0.545. The van der Waals surface area contributed by atoms with Crippen molar-refractivity contribution in [3.8, 4) is 0 Å². The van der Waals surface area contributed by atoms with E-state index in [0.717, 1.165) is 30.7 Å². The Labute approximate surface area is 93.4 Å². The van der Waals surface area contributed by atoms with Crippen LogP contribution in [0.15, 0.2) is 17.5 Å². The number of esters is 1. The molecule has 1 aliphatic heterocycles. The molecule has 82 valence electrons. The lowest BCUT2D eigenvalue weighted by Crippen LogP contribution is -2.41. The highest BCUT2D eigenvalue weighted by Crippen LogP contribution is 2.12. The van der Waals surface area contributed by atoms with Gasteiger partial charge in [-0.2, -0.15) is 0 Å². The summed E-state index contributed by atoms with van der Waals surface area (Å²) in [7, 11) is 0. The van der Waals surface area contributed by atoms with Crippen LogP contribution < -0.4 is 5.32 Å². The summed E-state index contributed by atoms with van der Waals surface area (Å²) in [4.78, 5) is 12.7. The molecule has 1 aliphatic rings. The Balaban J connectivity index is 1.76. The maximum atomic E-state index is 11.6. The normalized spacial score (nSPS) is 21.2. The topological polar surface area (TPSA) is 38.3 Å². The van der Waals surface area contributed by atoms with Gasteiger partial charge in [0.2, 0.25) is 0 Å². The molecule has 4 heteroatoms. The average Bonchev–Trinajstić information content (AvgIpc) is 2.80. The van der Waals surface area contributed by atoms with E-state index in [1.807, 2.05) is 17.5 Å². The Kier molecular flexibility index (Phi) is 3.75. The quantitative estimate of drug-likeness (QED) is 0.799. The van der Waals surface area contributed by atoms with Crippen molar-refractivity contribution in [2.45, 2.75) is 31.9 Å². The second kappa shape index (κ2) is 5.28. The van der Waals surface area contributed by atoms with Gasteiger partial charge >= 0.3 is 5.97 Å². The van der Waals surface area contributed by atoms with Gasteiger partial charge in [-0.25, -0.2) is 0 Å². The molecule has 0 aromatic carbocycles. The van der Waals surface area contributed by atoms with Crippen LogP contribution in [0.3, 0.4) is 0 Å². The van der Waals surface area contributed by atoms with Crippen molar-refractivity contribution in [1.29, 1.82) is 0 Å². The lowest BCUT2D eigenvalue weighted by atomic mass is 10.1. The van der Waals surface area contributed by atoms with Crippen molar-refractivity contribution in [3.05, 3.63) is 22.4 Å². The first kappa shape index (κ1) is 10.6. The third-order valence-corrected chi connectivity index (χ3v) is 3.38. The lowest BCUT2D eigenvalue weighted by molar-refractivity contribution is -0.148. The summed E-state index contributed by atoms with van der Waals surface area (Å²) in [6.07, 6.45) is 3.18. The van der Waals surface area contributed by atoms with Gasteiger partial charge in [-0.1, -0.05) is 12.5 Å². The standard InChI is InChI=1S/C11H15NO2S/c13-11(10-5-1-2-6-12-10)14-8-9-4-3-7-15-9/h3-4,7,10,12H,1-2,5-6,8H2/t10-/m1/s1. The zero-order chi connectivity index (χ0) is 10.5. The molecule has 0 saturated carbocycles. The Morgan fingerprint density at radius 3 is 3.20 bits per heavy atom. The molecule has 1 N–H and O–H groups in total. The van der Waals surface area contributed by atoms with Gasteiger partial charge in [0.05, 0.1) is 0 Å². The second-order valence-corrected chi connectivity index (χ2v) is 4.72. The van der Waals surface area contributed by atoms with E-state index in [1.54, 1.807) is 11.3 Å². The molecule has 1 aromatic rings. The first-order valence-corrected chi connectivity index (χ1v) is 6.16. The van der Waals surface area contributed by atoms with Crippen LogP contribution in [-0.4, -0.2) is 18.6 Å². The fourth-order valence-electron chi connectivity index (χ4n) is 1.69. The van der Waals surface area contributed by atoms with Crippen molar-refractivity contribution in [2.24, 2.45) is 0 Å². The molecule has 15 heavy (non-hydrogen) atoms. The van der Waals surface area contributed by atoms with E-state index in [0.29, 0.717) is 6.61 Å². The van der Waals surface area contributed by atoms with E-state index in [9.17, 15) is 4.79 Å². The lowest BCUT2D eigenvalue weighted by Gasteiger charge is -2.21. The first-order valence-electron chi connectivity index (χ1n) is 5.28. The molecular weight excluding hydrogens is 210 g/mol. The number of hydrogen-bond donors (Lipinski definition) is 1. The largest absolute Gasteiger partial charge is 0.459 e. The third-order valence-electron chi connectivity index (χ3n) is 2.53. The number of nitrogens with one attached hydrogen (secondary N) is 1. The summed E-state index contributed by atoms with van der Waals surface area (Å²) in [6.45, 7) is 1.34. The van der Waals surface area contributed by atoms with Gasteiger partial charge in [0.15, 0.2) is 0 Å². The van der Waals surface area contributed by atoms with Crippen LogP contribution in [0.4, 0.5) is 0 Å². The summed E-state index contributed by atoms with van der Waals surface area (Å²) in [6, 6.07) is 3.86. The van der Waals surface area contributed by atoms with Crippen LogP contribution in [0.2, 0.25) is 0 Å². The summed E-state index contributed by atoms with van der Waals surface area (Å²) < 4.78 is 5.23. The van der Waals surface area contributed by atoms with Crippen LogP contribution in [0.25, 0.3) is 0 Å². The van der Waals surface area contributed by atoms with E-state index in [2.05, 4.69) is 5.32 Å². The van der Waals surface area contributed by atoms with E-state index < -0.39 is 0 Å². The summed E-state index contributed by atoms with van der Waals surface area (Å²) in [5.74, 6) is -0.108. The van der Waals surface area contributed by atoms with Crippen molar-refractivity contribution < 1.29 is 9.53 Å². The minimum atomic E-state index is -0.108. The Morgan fingerprint density at radius 2 is 2.53 bits per heavy atom. The number of carbonyl (C=O) groups is 1. The number of rotatable bonds is 3. The molecule has 0 spiro atoms. The van der Waals surface area contributed by atoms with Crippen LogP contribution in [0.5, 0.6) is 0 Å². The predicted octanol–water partition coefficient (Wildman–Crippen LogP) is 1.93. The highest BCUT2D eigenvalue weighted by molar-refractivity contribution is 7.09. The molecule has 2 heterocycles. The van der Waals surface area contributed by atoms with Gasteiger partial charge in [-0.15, -0.1) is 11.3 Å². The molecule has 1 atom stereocenters. The molecule has 0 unspecified atom stereocenters. The van der Waals surface area contributed by atoms with E-state index in [1.165, 1.54) is 0 Å². The minimum absolute atomic E-state index is 0.0845. The van der Waals surface area contributed by atoms with Crippen LogP contribution in [0.1, 0.15) is 24.1 Å². The van der Waals surface area contributed by atoms with Gasteiger partial charge in [0, 0.05) is 4.88 Å².